The second-order valence-electron chi connectivity index (χ2n) is 14.9. The quantitative estimate of drug-likeness (QED) is 0.107. The fraction of sp³-hybridized carbons (Fsp3) is 0.224. The molecule has 59 heavy (non-hydrogen) atoms. The molecule has 6 aromatic carbocycles. The van der Waals surface area contributed by atoms with Crippen LogP contribution in [0.5, 0.6) is 0 Å². The Morgan fingerprint density at radius 3 is 1.81 bits per heavy atom. The van der Waals surface area contributed by atoms with E-state index in [0.29, 0.717) is 39.5 Å². The van der Waals surface area contributed by atoms with E-state index in [9.17, 15) is 18.0 Å². The van der Waals surface area contributed by atoms with Crippen molar-refractivity contribution >= 4 is 34.8 Å². The van der Waals surface area contributed by atoms with Crippen molar-refractivity contribution in [3.05, 3.63) is 201 Å². The van der Waals surface area contributed by atoms with Crippen LogP contribution in [0.1, 0.15) is 56.1 Å². The van der Waals surface area contributed by atoms with Crippen molar-refractivity contribution in [2.75, 3.05) is 22.9 Å². The van der Waals surface area contributed by atoms with E-state index >= 15 is 4.79 Å². The van der Waals surface area contributed by atoms with Crippen LogP contribution in [-0.4, -0.2) is 24.9 Å². The zero-order valence-corrected chi connectivity index (χ0v) is 34.3. The summed E-state index contributed by atoms with van der Waals surface area (Å²) in [6.07, 6.45) is -3.95. The van der Waals surface area contributed by atoms with Gasteiger partial charge in [0.15, 0.2) is 5.66 Å². The third-order valence-corrected chi connectivity index (χ3v) is 11.1. The molecule has 0 unspecified atom stereocenters. The summed E-state index contributed by atoms with van der Waals surface area (Å²) in [6.45, 7) is 8.08. The summed E-state index contributed by atoms with van der Waals surface area (Å²) in [5, 5.41) is 3.72. The Kier molecular flexibility index (Phi) is 13.3. The maximum absolute atomic E-state index is 16.0. The average Bonchev–Trinajstić information content (AvgIpc) is 3.22. The van der Waals surface area contributed by atoms with Crippen molar-refractivity contribution in [3.8, 4) is 0 Å². The number of aryl methyl sites for hydroxylation is 4. The second kappa shape index (κ2) is 18.4. The summed E-state index contributed by atoms with van der Waals surface area (Å²) in [5.41, 5.74) is 12.1. The molecule has 0 fully saturated rings. The smallest absolute Gasteiger partial charge is 0.354 e. The van der Waals surface area contributed by atoms with Gasteiger partial charge in [-0.3, -0.25) is 15.3 Å². The van der Waals surface area contributed by atoms with Gasteiger partial charge in [-0.25, -0.2) is 0 Å². The van der Waals surface area contributed by atoms with Gasteiger partial charge in [-0.05, 0) is 122 Å². The first kappa shape index (κ1) is 42.7. The molecule has 0 aromatic heterocycles. The largest absolute Gasteiger partial charge is 0.416 e. The topological polar surface area (TPSA) is 78.7 Å². The summed E-state index contributed by atoms with van der Waals surface area (Å²) in [7, 11) is 0. The molecule has 304 valence electrons. The molecule has 0 bridgehead atoms. The number of amides is 2. The van der Waals surface area contributed by atoms with Gasteiger partial charge >= 0.3 is 6.18 Å². The number of carbonyl (C=O) groups excluding carboxylic acids is 2. The maximum atomic E-state index is 16.0. The lowest BCUT2D eigenvalue weighted by Crippen LogP contribution is -2.66. The lowest BCUT2D eigenvalue weighted by atomic mass is 9.90. The van der Waals surface area contributed by atoms with Gasteiger partial charge in [0, 0.05) is 35.1 Å². The van der Waals surface area contributed by atoms with Crippen LogP contribution in [0.25, 0.3) is 0 Å². The molecule has 6 aromatic rings. The number of benzene rings is 6. The SMILES string of the molecule is Cc1ccc(N(CCc2cccc(C(F)(F)F)c2)C(=O)[C@](N)(c2ccccc2)N(c2ccc(C)c(C)c2)[C@H](C(=O)NCCc2cccc(Cl)c2)c2ccccc2)cc1C. The van der Waals surface area contributed by atoms with Crippen LogP contribution < -0.4 is 20.9 Å². The average molecular weight is 817 g/mol. The zero-order chi connectivity index (χ0) is 42.3. The molecule has 0 spiro atoms. The van der Waals surface area contributed by atoms with Gasteiger partial charge in [-0.2, -0.15) is 13.2 Å². The first-order valence-electron chi connectivity index (χ1n) is 19.5. The lowest BCUT2D eigenvalue weighted by Gasteiger charge is -2.47. The van der Waals surface area contributed by atoms with E-state index in [1.807, 2.05) is 119 Å². The van der Waals surface area contributed by atoms with E-state index < -0.39 is 35.3 Å². The molecule has 2 atom stereocenters. The molecule has 10 heteroatoms. The van der Waals surface area contributed by atoms with Crippen LogP contribution >= 0.6 is 11.6 Å². The third kappa shape index (κ3) is 9.87. The van der Waals surface area contributed by atoms with Gasteiger partial charge in [0.25, 0.3) is 5.91 Å². The van der Waals surface area contributed by atoms with E-state index in [1.54, 1.807) is 41.3 Å². The van der Waals surface area contributed by atoms with E-state index in [4.69, 9.17) is 17.3 Å². The Bertz CT molecular complexity index is 2410. The Balaban J connectivity index is 1.54. The number of nitrogens with zero attached hydrogens (tertiary/aromatic N) is 2. The van der Waals surface area contributed by atoms with Crippen LogP contribution in [0.15, 0.2) is 146 Å². The number of anilines is 2. The molecule has 3 N–H and O–H groups in total. The number of nitrogens with one attached hydrogen (secondary N) is 1. The number of halogens is 4. The minimum atomic E-state index is -4.53. The number of hydrogen-bond acceptors (Lipinski definition) is 4. The zero-order valence-electron chi connectivity index (χ0n) is 33.6. The second-order valence-corrected chi connectivity index (χ2v) is 15.4. The number of carbonyl (C=O) groups is 2. The summed E-state index contributed by atoms with van der Waals surface area (Å²) >= 11 is 6.27. The first-order valence-corrected chi connectivity index (χ1v) is 19.9. The fourth-order valence-electron chi connectivity index (χ4n) is 7.25. The van der Waals surface area contributed by atoms with E-state index in [0.717, 1.165) is 39.9 Å². The number of hydrogen-bond donors (Lipinski definition) is 2. The minimum absolute atomic E-state index is 0.0168. The number of rotatable bonds is 14. The van der Waals surface area contributed by atoms with E-state index in [-0.39, 0.29) is 19.5 Å². The van der Waals surface area contributed by atoms with Gasteiger partial charge in [0.2, 0.25) is 5.91 Å². The highest BCUT2D eigenvalue weighted by atomic mass is 35.5. The molecular weight excluding hydrogens is 769 g/mol. The monoisotopic (exact) mass is 816 g/mol. The maximum Gasteiger partial charge on any atom is 0.416 e. The summed E-state index contributed by atoms with van der Waals surface area (Å²) in [5.74, 6) is -0.971. The fourth-order valence-corrected chi connectivity index (χ4v) is 7.47. The first-order chi connectivity index (χ1) is 28.2. The molecule has 0 heterocycles. The molecule has 0 aliphatic heterocycles. The molecule has 0 radical (unpaired) electrons. The molecule has 2 amide bonds. The third-order valence-electron chi connectivity index (χ3n) is 10.8. The normalized spacial score (nSPS) is 13.0. The van der Waals surface area contributed by atoms with E-state index in [2.05, 4.69) is 5.32 Å². The lowest BCUT2D eigenvalue weighted by molar-refractivity contribution is -0.137. The Hall–Kier alpha value is -5.90. The highest BCUT2D eigenvalue weighted by Crippen LogP contribution is 2.41. The van der Waals surface area contributed by atoms with Crippen LogP contribution in [0.2, 0.25) is 5.02 Å². The van der Waals surface area contributed by atoms with Gasteiger partial charge in [0.05, 0.1) is 5.56 Å². The number of nitrogens with two attached hydrogens (primary N) is 1. The summed E-state index contributed by atoms with van der Waals surface area (Å²) in [4.78, 5) is 34.2. The summed E-state index contributed by atoms with van der Waals surface area (Å²) in [6, 6.07) is 40.8. The Morgan fingerprint density at radius 1 is 0.644 bits per heavy atom. The van der Waals surface area contributed by atoms with Crippen molar-refractivity contribution in [1.82, 2.24) is 5.32 Å². The predicted molar refractivity (Wildman–Crippen MR) is 231 cm³/mol. The molecule has 6 rings (SSSR count). The van der Waals surface area contributed by atoms with Crippen LogP contribution in [0.4, 0.5) is 24.5 Å². The van der Waals surface area contributed by atoms with Crippen LogP contribution in [0, 0.1) is 27.7 Å². The minimum Gasteiger partial charge on any atom is -0.354 e. The molecule has 0 saturated carbocycles. The van der Waals surface area contributed by atoms with Gasteiger partial charge in [0.1, 0.15) is 6.04 Å². The van der Waals surface area contributed by atoms with Crippen LogP contribution in [-0.2, 0) is 34.3 Å². The van der Waals surface area contributed by atoms with E-state index in [1.165, 1.54) is 11.0 Å². The predicted octanol–water partition coefficient (Wildman–Crippen LogP) is 10.6. The summed E-state index contributed by atoms with van der Waals surface area (Å²) < 4.78 is 41.5. The van der Waals surface area contributed by atoms with Crippen molar-refractivity contribution in [3.63, 3.8) is 0 Å². The standard InChI is InChI=1S/C49H48ClF3N4O2/c1-33-21-23-43(29-35(33)3)56(28-26-38-13-11-19-41(31-38)49(51,52)53)47(59)48(54,40-17-9-6-10-18-40)57(44-24-22-34(2)36(4)30-44)45(39-15-7-5-8-16-39)46(58)55-27-25-37-14-12-20-42(50)32-37/h5-24,29-32,45H,25-28,54H2,1-4H3,(H,55,58)/t45-,48-/m0/s1. The van der Waals surface area contributed by atoms with Gasteiger partial charge < -0.3 is 15.1 Å². The Labute approximate surface area is 349 Å². The molecule has 0 aliphatic rings. The molecule has 6 nitrogen and oxygen atoms in total. The van der Waals surface area contributed by atoms with Crippen molar-refractivity contribution < 1.29 is 22.8 Å². The Morgan fingerprint density at radius 2 is 1.20 bits per heavy atom. The van der Waals surface area contributed by atoms with Gasteiger partial charge in [-0.1, -0.05) is 115 Å². The molecule has 0 saturated heterocycles. The molecular formula is C49H48ClF3N4O2. The highest BCUT2D eigenvalue weighted by Gasteiger charge is 2.50. The van der Waals surface area contributed by atoms with Crippen molar-refractivity contribution in [1.29, 1.82) is 0 Å². The number of alkyl halides is 3. The van der Waals surface area contributed by atoms with Crippen molar-refractivity contribution in [2.45, 2.75) is 58.4 Å². The van der Waals surface area contributed by atoms with Gasteiger partial charge in [-0.15, -0.1) is 0 Å². The van der Waals surface area contributed by atoms with Crippen LogP contribution in [0.3, 0.4) is 0 Å². The molecule has 0 aliphatic carbocycles. The van der Waals surface area contributed by atoms with Crippen molar-refractivity contribution in [2.24, 2.45) is 5.73 Å². The highest BCUT2D eigenvalue weighted by molar-refractivity contribution is 6.30.